The SMILES string of the molecule is CCC(C#N)C(=O)N(C)Cc1c(C)[nH]c2ccccc12. The minimum atomic E-state index is -0.550. The Kier molecular flexibility index (Phi) is 4.09. The number of para-hydroxylation sites is 1. The Morgan fingerprint density at radius 2 is 2.15 bits per heavy atom. The van der Waals surface area contributed by atoms with E-state index in [2.05, 4.69) is 11.1 Å². The van der Waals surface area contributed by atoms with E-state index in [1.807, 2.05) is 38.1 Å². The summed E-state index contributed by atoms with van der Waals surface area (Å²) < 4.78 is 0. The number of nitriles is 1. The number of aromatic nitrogens is 1. The van der Waals surface area contributed by atoms with Crippen molar-refractivity contribution >= 4 is 16.8 Å². The summed E-state index contributed by atoms with van der Waals surface area (Å²) in [7, 11) is 1.75. The van der Waals surface area contributed by atoms with Gasteiger partial charge in [-0.3, -0.25) is 4.79 Å². The molecule has 0 saturated heterocycles. The second-order valence-electron chi connectivity index (χ2n) is 5.06. The first-order valence-electron chi connectivity index (χ1n) is 6.79. The molecule has 1 atom stereocenters. The van der Waals surface area contributed by atoms with Gasteiger partial charge < -0.3 is 9.88 Å². The van der Waals surface area contributed by atoms with Gasteiger partial charge in [-0.15, -0.1) is 0 Å². The van der Waals surface area contributed by atoms with Gasteiger partial charge in [-0.05, 0) is 25.0 Å². The monoisotopic (exact) mass is 269 g/mol. The van der Waals surface area contributed by atoms with Crippen LogP contribution in [-0.2, 0) is 11.3 Å². The van der Waals surface area contributed by atoms with Crippen molar-refractivity contribution < 1.29 is 4.79 Å². The average Bonchev–Trinajstić information content (AvgIpc) is 2.76. The minimum Gasteiger partial charge on any atom is -0.358 e. The van der Waals surface area contributed by atoms with Crippen molar-refractivity contribution in [1.29, 1.82) is 5.26 Å². The zero-order valence-corrected chi connectivity index (χ0v) is 12.1. The quantitative estimate of drug-likeness (QED) is 0.927. The normalized spacial score (nSPS) is 12.1. The highest BCUT2D eigenvalue weighted by Crippen LogP contribution is 2.23. The largest absolute Gasteiger partial charge is 0.358 e. The van der Waals surface area contributed by atoms with E-state index >= 15 is 0 Å². The summed E-state index contributed by atoms with van der Waals surface area (Å²) >= 11 is 0. The second-order valence-corrected chi connectivity index (χ2v) is 5.06. The van der Waals surface area contributed by atoms with Crippen LogP contribution in [0.5, 0.6) is 0 Å². The lowest BCUT2D eigenvalue weighted by Gasteiger charge is -2.19. The molecule has 1 amide bonds. The van der Waals surface area contributed by atoms with Gasteiger partial charge in [0.2, 0.25) is 5.91 Å². The fraction of sp³-hybridized carbons (Fsp3) is 0.375. The molecule has 1 unspecified atom stereocenters. The highest BCUT2D eigenvalue weighted by atomic mass is 16.2. The lowest BCUT2D eigenvalue weighted by molar-refractivity contribution is -0.133. The van der Waals surface area contributed by atoms with Gasteiger partial charge in [0.1, 0.15) is 5.92 Å². The molecule has 104 valence electrons. The van der Waals surface area contributed by atoms with E-state index in [0.717, 1.165) is 22.2 Å². The molecule has 0 spiro atoms. The molecule has 20 heavy (non-hydrogen) atoms. The van der Waals surface area contributed by atoms with Gasteiger partial charge in [0.25, 0.3) is 0 Å². The summed E-state index contributed by atoms with van der Waals surface area (Å²) in [5, 5.41) is 10.1. The molecule has 2 rings (SSSR count). The maximum absolute atomic E-state index is 12.2. The summed E-state index contributed by atoms with van der Waals surface area (Å²) in [5.74, 6) is -0.662. The Morgan fingerprint density at radius 3 is 2.80 bits per heavy atom. The molecule has 0 aliphatic rings. The van der Waals surface area contributed by atoms with Gasteiger partial charge in [0.15, 0.2) is 0 Å². The standard InChI is InChI=1S/C16H19N3O/c1-4-12(9-17)16(20)19(3)10-14-11(2)18-15-8-6-5-7-13(14)15/h5-8,12,18H,4,10H2,1-3H3. The fourth-order valence-electron chi connectivity index (χ4n) is 2.44. The molecule has 0 aliphatic heterocycles. The number of carbonyl (C=O) groups is 1. The highest BCUT2D eigenvalue weighted by molar-refractivity contribution is 5.86. The zero-order chi connectivity index (χ0) is 14.7. The van der Waals surface area contributed by atoms with Gasteiger partial charge in [-0.25, -0.2) is 0 Å². The first-order valence-corrected chi connectivity index (χ1v) is 6.79. The van der Waals surface area contributed by atoms with Crippen LogP contribution in [0.3, 0.4) is 0 Å². The molecule has 0 saturated carbocycles. The van der Waals surface area contributed by atoms with E-state index < -0.39 is 5.92 Å². The number of amides is 1. The number of carbonyl (C=O) groups excluding carboxylic acids is 1. The van der Waals surface area contributed by atoms with Crippen molar-refractivity contribution in [3.63, 3.8) is 0 Å². The van der Waals surface area contributed by atoms with E-state index in [1.165, 1.54) is 0 Å². The molecular weight excluding hydrogens is 250 g/mol. The maximum Gasteiger partial charge on any atom is 0.239 e. The first-order chi connectivity index (χ1) is 9.58. The Balaban J connectivity index is 2.26. The molecule has 0 aliphatic carbocycles. The summed E-state index contributed by atoms with van der Waals surface area (Å²) in [5.41, 5.74) is 3.26. The third-order valence-electron chi connectivity index (χ3n) is 3.66. The summed E-state index contributed by atoms with van der Waals surface area (Å²) in [6, 6.07) is 10.1. The molecule has 0 radical (unpaired) electrons. The van der Waals surface area contributed by atoms with E-state index in [9.17, 15) is 4.79 Å². The second kappa shape index (κ2) is 5.79. The van der Waals surface area contributed by atoms with Crippen LogP contribution in [0.25, 0.3) is 10.9 Å². The van der Waals surface area contributed by atoms with Gasteiger partial charge in [-0.1, -0.05) is 25.1 Å². The lowest BCUT2D eigenvalue weighted by Crippen LogP contribution is -2.31. The van der Waals surface area contributed by atoms with Crippen molar-refractivity contribution in [1.82, 2.24) is 9.88 Å². The molecule has 1 aromatic heterocycles. The van der Waals surface area contributed by atoms with E-state index in [0.29, 0.717) is 13.0 Å². The topological polar surface area (TPSA) is 59.9 Å². The number of aromatic amines is 1. The molecule has 0 fully saturated rings. The number of benzene rings is 1. The zero-order valence-electron chi connectivity index (χ0n) is 12.1. The van der Waals surface area contributed by atoms with Crippen molar-refractivity contribution in [3.05, 3.63) is 35.5 Å². The Morgan fingerprint density at radius 1 is 1.45 bits per heavy atom. The molecule has 4 nitrogen and oxygen atoms in total. The van der Waals surface area contributed by atoms with E-state index in [4.69, 9.17) is 5.26 Å². The summed E-state index contributed by atoms with van der Waals surface area (Å²) in [4.78, 5) is 17.1. The maximum atomic E-state index is 12.2. The van der Waals surface area contributed by atoms with Crippen LogP contribution in [0.15, 0.2) is 24.3 Å². The van der Waals surface area contributed by atoms with Crippen LogP contribution >= 0.6 is 0 Å². The molecule has 0 bridgehead atoms. The molecule has 1 heterocycles. The van der Waals surface area contributed by atoms with Crippen LogP contribution in [0, 0.1) is 24.2 Å². The molecule has 1 aromatic carbocycles. The predicted molar refractivity (Wildman–Crippen MR) is 78.9 cm³/mol. The van der Waals surface area contributed by atoms with Crippen molar-refractivity contribution in [3.8, 4) is 6.07 Å². The van der Waals surface area contributed by atoms with Crippen LogP contribution in [-0.4, -0.2) is 22.8 Å². The third-order valence-corrected chi connectivity index (χ3v) is 3.66. The summed E-state index contributed by atoms with van der Waals surface area (Å²) in [6.07, 6.45) is 0.548. The van der Waals surface area contributed by atoms with Crippen molar-refractivity contribution in [2.24, 2.45) is 5.92 Å². The van der Waals surface area contributed by atoms with Crippen molar-refractivity contribution in [2.45, 2.75) is 26.8 Å². The van der Waals surface area contributed by atoms with Gasteiger partial charge in [0, 0.05) is 30.2 Å². The van der Waals surface area contributed by atoms with Gasteiger partial charge in [0.05, 0.1) is 6.07 Å². The Hall–Kier alpha value is -2.28. The number of rotatable bonds is 4. The molecule has 2 aromatic rings. The number of aryl methyl sites for hydroxylation is 1. The van der Waals surface area contributed by atoms with Crippen LogP contribution in [0.2, 0.25) is 0 Å². The van der Waals surface area contributed by atoms with Gasteiger partial charge in [-0.2, -0.15) is 5.26 Å². The lowest BCUT2D eigenvalue weighted by atomic mass is 10.1. The number of nitrogens with one attached hydrogen (secondary N) is 1. The third kappa shape index (κ3) is 2.53. The van der Waals surface area contributed by atoms with E-state index in [1.54, 1.807) is 11.9 Å². The highest BCUT2D eigenvalue weighted by Gasteiger charge is 2.21. The van der Waals surface area contributed by atoms with Crippen molar-refractivity contribution in [2.75, 3.05) is 7.05 Å². The molecule has 1 N–H and O–H groups in total. The Bertz CT molecular complexity index is 666. The Labute approximate surface area is 119 Å². The summed E-state index contributed by atoms with van der Waals surface area (Å²) in [6.45, 7) is 4.39. The predicted octanol–water partition coefficient (Wildman–Crippen LogP) is 2.98. The number of fused-ring (bicyclic) bond motifs is 1. The number of hydrogen-bond acceptors (Lipinski definition) is 2. The minimum absolute atomic E-state index is 0.111. The molecular formula is C16H19N3O. The first kappa shape index (κ1) is 14.1. The van der Waals surface area contributed by atoms with Crippen LogP contribution < -0.4 is 0 Å². The number of hydrogen-bond donors (Lipinski definition) is 1. The van der Waals surface area contributed by atoms with Crippen LogP contribution in [0.4, 0.5) is 0 Å². The average molecular weight is 269 g/mol. The fourth-order valence-corrected chi connectivity index (χ4v) is 2.44. The number of H-pyrrole nitrogens is 1. The van der Waals surface area contributed by atoms with Gasteiger partial charge >= 0.3 is 0 Å². The van der Waals surface area contributed by atoms with Crippen LogP contribution in [0.1, 0.15) is 24.6 Å². The molecule has 4 heteroatoms. The smallest absolute Gasteiger partial charge is 0.239 e. The number of nitrogens with zero attached hydrogens (tertiary/aromatic N) is 2. The van der Waals surface area contributed by atoms with E-state index in [-0.39, 0.29) is 5.91 Å².